The molecule has 0 bridgehead atoms. The maximum Gasteiger partial charge on any atom is 0.262 e. The second kappa shape index (κ2) is 9.23. The summed E-state index contributed by atoms with van der Waals surface area (Å²) in [5.74, 6) is 1.03. The molecule has 0 saturated carbocycles. The van der Waals surface area contributed by atoms with Crippen molar-refractivity contribution in [1.82, 2.24) is 14.5 Å². The molecule has 0 unspecified atom stereocenters. The Morgan fingerprint density at radius 3 is 2.60 bits per heavy atom. The van der Waals surface area contributed by atoms with E-state index in [1.165, 1.54) is 11.8 Å². The van der Waals surface area contributed by atoms with Gasteiger partial charge in [-0.1, -0.05) is 60.6 Å². The first-order chi connectivity index (χ1) is 14.5. The second-order valence-electron chi connectivity index (χ2n) is 7.75. The molecule has 7 heteroatoms. The summed E-state index contributed by atoms with van der Waals surface area (Å²) in [5.41, 5.74) is 1.36. The largest absolute Gasteiger partial charge is 0.342 e. The molecular weight excluding hydrogens is 418 g/mol. The van der Waals surface area contributed by atoms with Gasteiger partial charge in [0.25, 0.3) is 5.56 Å². The van der Waals surface area contributed by atoms with Gasteiger partial charge in [0.05, 0.1) is 23.2 Å². The van der Waals surface area contributed by atoms with Gasteiger partial charge in [-0.2, -0.15) is 0 Å². The fourth-order valence-corrected chi connectivity index (χ4v) is 4.77. The van der Waals surface area contributed by atoms with E-state index in [1.807, 2.05) is 47.4 Å². The summed E-state index contributed by atoms with van der Waals surface area (Å²) in [6.45, 7) is 4.15. The highest BCUT2D eigenvalue weighted by Gasteiger charge is 2.21. The first kappa shape index (κ1) is 20.9. The third kappa shape index (κ3) is 4.55. The lowest BCUT2D eigenvalue weighted by atomic mass is 9.99. The molecule has 3 aromatic rings. The van der Waals surface area contributed by atoms with Crippen LogP contribution in [-0.2, 0) is 11.3 Å². The number of benzene rings is 2. The Morgan fingerprint density at radius 1 is 1.13 bits per heavy atom. The van der Waals surface area contributed by atoms with Crippen molar-refractivity contribution in [1.29, 1.82) is 0 Å². The van der Waals surface area contributed by atoms with Crippen LogP contribution >= 0.6 is 23.4 Å². The lowest BCUT2D eigenvalue weighted by Crippen LogP contribution is -2.39. The Labute approximate surface area is 185 Å². The van der Waals surface area contributed by atoms with Crippen LogP contribution in [0.15, 0.2) is 58.5 Å². The summed E-state index contributed by atoms with van der Waals surface area (Å²) in [4.78, 5) is 32.6. The van der Waals surface area contributed by atoms with Crippen molar-refractivity contribution in [2.75, 3.05) is 18.8 Å². The number of carbonyl (C=O) groups excluding carboxylic acids is 1. The molecule has 4 rings (SSSR count). The highest BCUT2D eigenvalue weighted by molar-refractivity contribution is 7.99. The minimum absolute atomic E-state index is 0.0959. The number of hydrogen-bond acceptors (Lipinski definition) is 4. The van der Waals surface area contributed by atoms with Gasteiger partial charge in [0, 0.05) is 18.1 Å². The van der Waals surface area contributed by atoms with Crippen LogP contribution in [-0.4, -0.2) is 39.2 Å². The smallest absolute Gasteiger partial charge is 0.262 e. The molecule has 1 aromatic heterocycles. The van der Waals surface area contributed by atoms with E-state index in [9.17, 15) is 9.59 Å². The van der Waals surface area contributed by atoms with Gasteiger partial charge in [-0.3, -0.25) is 14.2 Å². The Balaban J connectivity index is 1.63. The SMILES string of the molecule is CC1CCN(C(=O)CSc2nc3ccccc3c(=O)n2Cc2ccccc2Cl)CC1. The molecule has 0 aliphatic carbocycles. The number of fused-ring (bicyclic) bond motifs is 1. The zero-order chi connectivity index (χ0) is 21.1. The number of carbonyl (C=O) groups is 1. The minimum atomic E-state index is -0.123. The second-order valence-corrected chi connectivity index (χ2v) is 9.10. The van der Waals surface area contributed by atoms with Crippen LogP contribution in [0.2, 0.25) is 5.02 Å². The summed E-state index contributed by atoms with van der Waals surface area (Å²) in [5, 5.41) is 1.70. The summed E-state index contributed by atoms with van der Waals surface area (Å²) in [6, 6.07) is 14.8. The third-order valence-corrected chi connectivity index (χ3v) is 6.90. The highest BCUT2D eigenvalue weighted by Crippen LogP contribution is 2.23. The van der Waals surface area contributed by atoms with Crippen molar-refractivity contribution in [2.45, 2.75) is 31.5 Å². The molecule has 2 heterocycles. The average molecular weight is 442 g/mol. The van der Waals surface area contributed by atoms with Gasteiger partial charge >= 0.3 is 0 Å². The highest BCUT2D eigenvalue weighted by atomic mass is 35.5. The number of nitrogens with zero attached hydrogens (tertiary/aromatic N) is 3. The van der Waals surface area contributed by atoms with E-state index in [-0.39, 0.29) is 17.2 Å². The van der Waals surface area contributed by atoms with Crippen LogP contribution in [0.5, 0.6) is 0 Å². The zero-order valence-corrected chi connectivity index (χ0v) is 18.5. The number of piperidine rings is 1. The fraction of sp³-hybridized carbons (Fsp3) is 0.348. The Kier molecular flexibility index (Phi) is 6.44. The van der Waals surface area contributed by atoms with Crippen LogP contribution in [0.1, 0.15) is 25.3 Å². The standard InChI is InChI=1S/C23H24ClN3O2S/c1-16-10-12-26(13-11-16)21(28)15-30-23-25-20-9-5-3-7-18(20)22(29)27(23)14-17-6-2-4-8-19(17)24/h2-9,16H,10-15H2,1H3. The molecule has 1 amide bonds. The molecule has 0 atom stereocenters. The molecule has 30 heavy (non-hydrogen) atoms. The zero-order valence-electron chi connectivity index (χ0n) is 16.9. The van der Waals surface area contributed by atoms with Crippen molar-refractivity contribution in [3.63, 3.8) is 0 Å². The molecule has 1 aliphatic heterocycles. The lowest BCUT2D eigenvalue weighted by Gasteiger charge is -2.30. The number of para-hydroxylation sites is 1. The van der Waals surface area contributed by atoms with Gasteiger partial charge in [-0.05, 0) is 42.5 Å². The van der Waals surface area contributed by atoms with Crippen molar-refractivity contribution < 1.29 is 4.79 Å². The summed E-state index contributed by atoms with van der Waals surface area (Å²) >= 11 is 7.66. The number of aromatic nitrogens is 2. The van der Waals surface area contributed by atoms with Crippen LogP contribution in [0.25, 0.3) is 10.9 Å². The van der Waals surface area contributed by atoms with E-state index in [1.54, 1.807) is 10.6 Å². The van der Waals surface area contributed by atoms with E-state index in [2.05, 4.69) is 6.92 Å². The third-order valence-electron chi connectivity index (χ3n) is 5.57. The van der Waals surface area contributed by atoms with E-state index < -0.39 is 0 Å². The number of halogens is 1. The quantitative estimate of drug-likeness (QED) is 0.433. The predicted molar refractivity (Wildman–Crippen MR) is 122 cm³/mol. The summed E-state index contributed by atoms with van der Waals surface area (Å²) in [7, 11) is 0. The summed E-state index contributed by atoms with van der Waals surface area (Å²) < 4.78 is 1.62. The Bertz CT molecular complexity index is 1120. The first-order valence-electron chi connectivity index (χ1n) is 10.2. The molecular formula is C23H24ClN3O2S. The van der Waals surface area contributed by atoms with Gasteiger partial charge < -0.3 is 4.90 Å². The van der Waals surface area contributed by atoms with Crippen molar-refractivity contribution in [2.24, 2.45) is 5.92 Å². The first-order valence-corrected chi connectivity index (χ1v) is 11.5. The van der Waals surface area contributed by atoms with Gasteiger partial charge in [-0.25, -0.2) is 4.98 Å². The van der Waals surface area contributed by atoms with Crippen LogP contribution < -0.4 is 5.56 Å². The number of likely N-dealkylation sites (tertiary alicyclic amines) is 1. The molecule has 1 saturated heterocycles. The van der Waals surface area contributed by atoms with Crippen LogP contribution in [0.3, 0.4) is 0 Å². The predicted octanol–water partition coefficient (Wildman–Crippen LogP) is 4.45. The maximum absolute atomic E-state index is 13.2. The average Bonchev–Trinajstić information content (AvgIpc) is 2.76. The number of hydrogen-bond donors (Lipinski definition) is 0. The maximum atomic E-state index is 13.2. The molecule has 5 nitrogen and oxygen atoms in total. The number of thioether (sulfide) groups is 1. The molecule has 156 valence electrons. The van der Waals surface area contributed by atoms with Crippen LogP contribution in [0.4, 0.5) is 0 Å². The molecule has 0 N–H and O–H groups in total. The monoisotopic (exact) mass is 441 g/mol. The molecule has 1 aliphatic rings. The van der Waals surface area contributed by atoms with E-state index in [4.69, 9.17) is 16.6 Å². The van der Waals surface area contributed by atoms with Gasteiger partial charge in [0.2, 0.25) is 5.91 Å². The fourth-order valence-electron chi connectivity index (χ4n) is 3.67. The number of rotatable bonds is 5. The van der Waals surface area contributed by atoms with Gasteiger partial charge in [0.1, 0.15) is 0 Å². The van der Waals surface area contributed by atoms with Crippen molar-refractivity contribution in [3.8, 4) is 0 Å². The van der Waals surface area contributed by atoms with E-state index in [0.29, 0.717) is 33.5 Å². The van der Waals surface area contributed by atoms with Crippen LogP contribution in [0, 0.1) is 5.92 Å². The molecule has 0 spiro atoms. The van der Waals surface area contributed by atoms with Gasteiger partial charge in [-0.15, -0.1) is 0 Å². The van der Waals surface area contributed by atoms with E-state index >= 15 is 0 Å². The summed E-state index contributed by atoms with van der Waals surface area (Å²) in [6.07, 6.45) is 2.09. The van der Waals surface area contributed by atoms with Crippen molar-refractivity contribution in [3.05, 3.63) is 69.5 Å². The topological polar surface area (TPSA) is 55.2 Å². The Morgan fingerprint density at radius 2 is 1.83 bits per heavy atom. The van der Waals surface area contributed by atoms with Gasteiger partial charge in [0.15, 0.2) is 5.16 Å². The van der Waals surface area contributed by atoms with E-state index in [0.717, 1.165) is 31.5 Å². The Hall–Kier alpha value is -2.31. The molecule has 2 aromatic carbocycles. The molecule has 0 radical (unpaired) electrons. The molecule has 1 fully saturated rings. The lowest BCUT2D eigenvalue weighted by molar-refractivity contribution is -0.129. The van der Waals surface area contributed by atoms with Crippen molar-refractivity contribution >= 4 is 40.2 Å². The number of amides is 1. The normalized spacial score (nSPS) is 14.9. The minimum Gasteiger partial charge on any atom is -0.342 e.